The van der Waals surface area contributed by atoms with Crippen LogP contribution in [0, 0.1) is 11.8 Å². The highest BCUT2D eigenvalue weighted by atomic mass is 16.6. The van der Waals surface area contributed by atoms with Gasteiger partial charge < -0.3 is 9.47 Å². The SMILES string of the molecule is CC(C)CC1N=C(CCCCC2=NC(CC(C)C)C(=O)O2)OC1=O. The van der Waals surface area contributed by atoms with Crippen molar-refractivity contribution in [2.75, 3.05) is 0 Å². The van der Waals surface area contributed by atoms with E-state index in [1.165, 1.54) is 0 Å². The summed E-state index contributed by atoms with van der Waals surface area (Å²) in [4.78, 5) is 32.1. The number of hydrogen-bond donors (Lipinski definition) is 0. The molecule has 0 radical (unpaired) electrons. The molecule has 0 aliphatic carbocycles. The lowest BCUT2D eigenvalue weighted by Gasteiger charge is -2.05. The summed E-state index contributed by atoms with van der Waals surface area (Å²) in [6.45, 7) is 8.27. The second kappa shape index (κ2) is 8.40. The maximum absolute atomic E-state index is 11.7. The molecule has 24 heavy (non-hydrogen) atoms. The van der Waals surface area contributed by atoms with Crippen molar-refractivity contribution < 1.29 is 19.1 Å². The van der Waals surface area contributed by atoms with Gasteiger partial charge in [0.15, 0.2) is 23.9 Å². The van der Waals surface area contributed by atoms with Gasteiger partial charge in [0, 0.05) is 12.8 Å². The van der Waals surface area contributed by atoms with Gasteiger partial charge in [0.1, 0.15) is 0 Å². The maximum atomic E-state index is 11.7. The van der Waals surface area contributed by atoms with Crippen LogP contribution in [0.25, 0.3) is 0 Å². The Morgan fingerprint density at radius 2 is 1.17 bits per heavy atom. The minimum Gasteiger partial charge on any atom is -0.410 e. The van der Waals surface area contributed by atoms with Crippen molar-refractivity contribution in [1.29, 1.82) is 0 Å². The van der Waals surface area contributed by atoms with E-state index in [2.05, 4.69) is 37.7 Å². The van der Waals surface area contributed by atoms with Crippen molar-refractivity contribution >= 4 is 23.7 Å². The number of esters is 2. The molecule has 2 rings (SSSR count). The van der Waals surface area contributed by atoms with E-state index in [1.54, 1.807) is 0 Å². The van der Waals surface area contributed by atoms with Gasteiger partial charge in [0.25, 0.3) is 0 Å². The van der Waals surface area contributed by atoms with Crippen molar-refractivity contribution in [3.8, 4) is 0 Å². The van der Waals surface area contributed by atoms with Crippen LogP contribution in [-0.4, -0.2) is 35.8 Å². The van der Waals surface area contributed by atoms with E-state index in [0.717, 1.165) is 25.7 Å². The van der Waals surface area contributed by atoms with Crippen LogP contribution < -0.4 is 0 Å². The second-order valence-corrected chi connectivity index (χ2v) is 7.39. The number of nitrogens with zero attached hydrogens (tertiary/aromatic N) is 2. The van der Waals surface area contributed by atoms with Gasteiger partial charge in [-0.3, -0.25) is 0 Å². The number of unbranched alkanes of at least 4 members (excludes halogenated alkanes) is 1. The first kappa shape index (κ1) is 18.6. The second-order valence-electron chi connectivity index (χ2n) is 7.39. The summed E-state index contributed by atoms with van der Waals surface area (Å²) in [5.41, 5.74) is 0. The number of aliphatic imine (C=N–C) groups is 2. The van der Waals surface area contributed by atoms with Crippen molar-refractivity contribution in [3.05, 3.63) is 0 Å². The molecule has 0 spiro atoms. The van der Waals surface area contributed by atoms with Gasteiger partial charge in [0.05, 0.1) is 0 Å². The van der Waals surface area contributed by atoms with E-state index in [1.807, 2.05) is 0 Å². The first-order valence-electron chi connectivity index (χ1n) is 8.92. The van der Waals surface area contributed by atoms with Crippen LogP contribution in [-0.2, 0) is 19.1 Å². The number of carbonyl (C=O) groups is 2. The maximum Gasteiger partial charge on any atom is 0.337 e. The minimum absolute atomic E-state index is 0.232. The highest BCUT2D eigenvalue weighted by Gasteiger charge is 2.30. The van der Waals surface area contributed by atoms with Gasteiger partial charge in [-0.2, -0.15) is 0 Å². The molecule has 0 aromatic heterocycles. The quantitative estimate of drug-likeness (QED) is 0.478. The summed E-state index contributed by atoms with van der Waals surface area (Å²) in [5, 5.41) is 0. The number of carbonyl (C=O) groups excluding carboxylic acids is 2. The fourth-order valence-corrected chi connectivity index (χ4v) is 2.85. The van der Waals surface area contributed by atoms with Crippen molar-refractivity contribution in [2.45, 2.75) is 78.3 Å². The standard InChI is InChI=1S/C18H28N2O4/c1-11(2)9-13-17(21)23-15(19-13)7-5-6-8-16-20-14(10-12(3)4)18(22)24-16/h11-14H,5-10H2,1-4H3. The Hall–Kier alpha value is -1.72. The Morgan fingerprint density at radius 3 is 1.50 bits per heavy atom. The smallest absolute Gasteiger partial charge is 0.337 e. The third-order valence-corrected chi connectivity index (χ3v) is 4.00. The van der Waals surface area contributed by atoms with Gasteiger partial charge in [-0.15, -0.1) is 0 Å². The van der Waals surface area contributed by atoms with Crippen LogP contribution in [0.15, 0.2) is 9.98 Å². The van der Waals surface area contributed by atoms with Crippen molar-refractivity contribution in [1.82, 2.24) is 0 Å². The zero-order chi connectivity index (χ0) is 17.7. The molecule has 6 nitrogen and oxygen atoms in total. The molecule has 134 valence electrons. The first-order chi connectivity index (χ1) is 11.3. The summed E-state index contributed by atoms with van der Waals surface area (Å²) >= 11 is 0. The third-order valence-electron chi connectivity index (χ3n) is 4.00. The van der Waals surface area contributed by atoms with E-state index in [9.17, 15) is 9.59 Å². The minimum atomic E-state index is -0.336. The Balaban J connectivity index is 1.70. The van der Waals surface area contributed by atoms with Crippen LogP contribution >= 0.6 is 0 Å². The predicted molar refractivity (Wildman–Crippen MR) is 92.0 cm³/mol. The molecule has 0 amide bonds. The normalized spacial score (nSPS) is 23.6. The van der Waals surface area contributed by atoms with Crippen molar-refractivity contribution in [2.24, 2.45) is 21.8 Å². The molecule has 2 atom stereocenters. The molecule has 0 N–H and O–H groups in total. The van der Waals surface area contributed by atoms with Crippen LogP contribution in [0.2, 0.25) is 0 Å². The number of ether oxygens (including phenoxy) is 2. The number of cyclic esters (lactones) is 2. The molecule has 0 fully saturated rings. The summed E-state index contributed by atoms with van der Waals surface area (Å²) in [6.07, 6.45) is 4.38. The van der Waals surface area contributed by atoms with E-state index >= 15 is 0 Å². The van der Waals surface area contributed by atoms with Gasteiger partial charge in [-0.05, 0) is 37.5 Å². The van der Waals surface area contributed by atoms with E-state index in [0.29, 0.717) is 36.5 Å². The lowest BCUT2D eigenvalue weighted by atomic mass is 10.1. The zero-order valence-corrected chi connectivity index (χ0v) is 15.1. The number of rotatable bonds is 9. The number of hydrogen-bond acceptors (Lipinski definition) is 6. The fraction of sp³-hybridized carbons (Fsp3) is 0.778. The first-order valence-corrected chi connectivity index (χ1v) is 8.92. The van der Waals surface area contributed by atoms with E-state index in [-0.39, 0.29) is 24.0 Å². The average Bonchev–Trinajstić information content (AvgIpc) is 2.98. The molecular formula is C18H28N2O4. The zero-order valence-electron chi connectivity index (χ0n) is 15.1. The van der Waals surface area contributed by atoms with Crippen LogP contribution in [0.4, 0.5) is 0 Å². The monoisotopic (exact) mass is 336 g/mol. The molecule has 2 unspecified atom stereocenters. The van der Waals surface area contributed by atoms with Crippen LogP contribution in [0.5, 0.6) is 0 Å². The van der Waals surface area contributed by atoms with Crippen molar-refractivity contribution in [3.63, 3.8) is 0 Å². The molecule has 0 aromatic rings. The highest BCUT2D eigenvalue weighted by Crippen LogP contribution is 2.20. The lowest BCUT2D eigenvalue weighted by Crippen LogP contribution is -2.17. The Bertz CT molecular complexity index is 489. The van der Waals surface area contributed by atoms with Gasteiger partial charge in [-0.1, -0.05) is 27.7 Å². The molecule has 2 aliphatic rings. The fourth-order valence-electron chi connectivity index (χ4n) is 2.85. The molecular weight excluding hydrogens is 308 g/mol. The van der Waals surface area contributed by atoms with Crippen LogP contribution in [0.1, 0.15) is 66.2 Å². The highest BCUT2D eigenvalue weighted by molar-refractivity contribution is 5.98. The summed E-state index contributed by atoms with van der Waals surface area (Å²) in [5.74, 6) is 1.44. The molecule has 6 heteroatoms. The molecule has 0 saturated carbocycles. The summed E-state index contributed by atoms with van der Waals surface area (Å²) < 4.78 is 10.4. The molecule has 0 bridgehead atoms. The average molecular weight is 336 g/mol. The lowest BCUT2D eigenvalue weighted by molar-refractivity contribution is -0.136. The molecule has 0 aromatic carbocycles. The predicted octanol–water partition coefficient (Wildman–Crippen LogP) is 3.29. The molecule has 2 aliphatic heterocycles. The van der Waals surface area contributed by atoms with Crippen LogP contribution in [0.3, 0.4) is 0 Å². The Morgan fingerprint density at radius 1 is 0.792 bits per heavy atom. The Labute approximate surface area is 143 Å². The summed E-state index contributed by atoms with van der Waals surface area (Å²) in [6, 6.07) is -0.672. The molecule has 0 saturated heterocycles. The third kappa shape index (κ3) is 5.42. The van der Waals surface area contributed by atoms with E-state index < -0.39 is 0 Å². The summed E-state index contributed by atoms with van der Waals surface area (Å²) in [7, 11) is 0. The Kier molecular flexibility index (Phi) is 6.52. The topological polar surface area (TPSA) is 77.3 Å². The molecule has 2 heterocycles. The van der Waals surface area contributed by atoms with E-state index in [4.69, 9.17) is 9.47 Å². The van der Waals surface area contributed by atoms with Gasteiger partial charge in [-0.25, -0.2) is 19.6 Å². The van der Waals surface area contributed by atoms with Gasteiger partial charge in [0.2, 0.25) is 0 Å². The largest absolute Gasteiger partial charge is 0.410 e. The van der Waals surface area contributed by atoms with Gasteiger partial charge >= 0.3 is 11.9 Å².